The first-order valence-corrected chi connectivity index (χ1v) is 6.19. The fourth-order valence-electron chi connectivity index (χ4n) is 2.13. The summed E-state index contributed by atoms with van der Waals surface area (Å²) >= 11 is 0. The average Bonchev–Trinajstić information content (AvgIpc) is 2.71. The Hall–Kier alpha value is -0.0800. The predicted molar refractivity (Wildman–Crippen MR) is 60.5 cm³/mol. The molecule has 2 nitrogen and oxygen atoms in total. The zero-order valence-corrected chi connectivity index (χ0v) is 9.72. The maximum Gasteiger partial charge on any atom is 0.0510 e. The van der Waals surface area contributed by atoms with Crippen molar-refractivity contribution in [3.05, 3.63) is 0 Å². The van der Waals surface area contributed by atoms with Crippen molar-refractivity contribution in [1.29, 1.82) is 0 Å². The van der Waals surface area contributed by atoms with Gasteiger partial charge in [0.15, 0.2) is 0 Å². The molecule has 1 fully saturated rings. The number of hydrogen-bond donors (Lipinski definition) is 1. The molecule has 0 saturated carbocycles. The lowest BCUT2D eigenvalue weighted by Crippen LogP contribution is -2.37. The molecule has 0 aromatic carbocycles. The van der Waals surface area contributed by atoms with Gasteiger partial charge >= 0.3 is 0 Å². The van der Waals surface area contributed by atoms with Crippen molar-refractivity contribution in [3.63, 3.8) is 0 Å². The van der Waals surface area contributed by atoms with Crippen LogP contribution in [0, 0.1) is 5.92 Å². The molecule has 2 atom stereocenters. The van der Waals surface area contributed by atoms with Crippen LogP contribution in [-0.2, 0) is 4.74 Å². The highest BCUT2D eigenvalue weighted by atomic mass is 16.5. The summed E-state index contributed by atoms with van der Waals surface area (Å²) < 4.78 is 5.46. The minimum absolute atomic E-state index is 0.706. The van der Waals surface area contributed by atoms with Gasteiger partial charge in [-0.15, -0.1) is 0 Å². The summed E-state index contributed by atoms with van der Waals surface area (Å²) in [5.74, 6) is 0.771. The number of hydrogen-bond acceptors (Lipinski definition) is 2. The van der Waals surface area contributed by atoms with Crippen LogP contribution < -0.4 is 5.32 Å². The second-order valence-corrected chi connectivity index (χ2v) is 4.33. The molecule has 2 heteroatoms. The van der Waals surface area contributed by atoms with Gasteiger partial charge in [0.2, 0.25) is 0 Å². The van der Waals surface area contributed by atoms with Gasteiger partial charge in [0.05, 0.1) is 6.61 Å². The smallest absolute Gasteiger partial charge is 0.0510 e. The third-order valence-electron chi connectivity index (χ3n) is 3.06. The van der Waals surface area contributed by atoms with Crippen LogP contribution in [0.1, 0.15) is 46.0 Å². The number of unbranched alkanes of at least 4 members (excludes halogenated alkanes) is 1. The van der Waals surface area contributed by atoms with Gasteiger partial charge in [-0.2, -0.15) is 0 Å². The van der Waals surface area contributed by atoms with Crippen LogP contribution in [0.15, 0.2) is 0 Å². The second kappa shape index (κ2) is 7.24. The van der Waals surface area contributed by atoms with Gasteiger partial charge < -0.3 is 10.1 Å². The molecule has 1 rings (SSSR count). The molecule has 0 bridgehead atoms. The van der Waals surface area contributed by atoms with E-state index in [0.717, 1.165) is 25.7 Å². The minimum atomic E-state index is 0.706. The van der Waals surface area contributed by atoms with E-state index >= 15 is 0 Å². The lowest BCUT2D eigenvalue weighted by molar-refractivity contribution is 0.174. The minimum Gasteiger partial charge on any atom is -0.381 e. The highest BCUT2D eigenvalue weighted by molar-refractivity contribution is 4.79. The monoisotopic (exact) mass is 199 g/mol. The molecule has 1 saturated heterocycles. The van der Waals surface area contributed by atoms with E-state index in [2.05, 4.69) is 19.2 Å². The number of ether oxygens (including phenoxy) is 1. The van der Waals surface area contributed by atoms with Crippen LogP contribution in [0.4, 0.5) is 0 Å². The normalized spacial score (nSPS) is 24.0. The van der Waals surface area contributed by atoms with Crippen molar-refractivity contribution in [3.8, 4) is 0 Å². The van der Waals surface area contributed by atoms with Gasteiger partial charge in [-0.3, -0.25) is 0 Å². The summed E-state index contributed by atoms with van der Waals surface area (Å²) in [5, 5.41) is 3.67. The van der Waals surface area contributed by atoms with E-state index in [1.54, 1.807) is 0 Å². The standard InChI is InChI=1S/C12H25NO/c1-3-5-6-12(13-8-4-2)11-7-9-14-10-11/h11-13H,3-10H2,1-2H3. The molecular formula is C12H25NO. The molecule has 1 aliphatic rings. The van der Waals surface area contributed by atoms with Gasteiger partial charge in [0, 0.05) is 12.6 Å². The zero-order valence-electron chi connectivity index (χ0n) is 9.72. The van der Waals surface area contributed by atoms with Crippen LogP contribution in [0.3, 0.4) is 0 Å². The van der Waals surface area contributed by atoms with Gasteiger partial charge in [0.1, 0.15) is 0 Å². The van der Waals surface area contributed by atoms with Gasteiger partial charge in [-0.05, 0) is 31.7 Å². The Kier molecular flexibility index (Phi) is 6.20. The summed E-state index contributed by atoms with van der Waals surface area (Å²) in [6, 6.07) is 0.706. The molecule has 0 amide bonds. The maximum absolute atomic E-state index is 5.46. The second-order valence-electron chi connectivity index (χ2n) is 4.33. The van der Waals surface area contributed by atoms with E-state index in [1.807, 2.05) is 0 Å². The lowest BCUT2D eigenvalue weighted by atomic mass is 9.94. The summed E-state index contributed by atoms with van der Waals surface area (Å²) in [7, 11) is 0. The van der Waals surface area contributed by atoms with Crippen molar-refractivity contribution in [1.82, 2.24) is 5.32 Å². The SMILES string of the molecule is CCCCC(NCCC)C1CCOC1. The summed E-state index contributed by atoms with van der Waals surface area (Å²) in [6.07, 6.45) is 6.46. The molecule has 0 aromatic rings. The largest absolute Gasteiger partial charge is 0.381 e. The molecule has 0 aromatic heterocycles. The van der Waals surface area contributed by atoms with E-state index in [0.29, 0.717) is 6.04 Å². The molecule has 84 valence electrons. The zero-order chi connectivity index (χ0) is 10.2. The molecule has 0 spiro atoms. The fourth-order valence-corrected chi connectivity index (χ4v) is 2.13. The Balaban J connectivity index is 2.26. The van der Waals surface area contributed by atoms with Crippen molar-refractivity contribution in [2.24, 2.45) is 5.92 Å². The van der Waals surface area contributed by atoms with Crippen LogP contribution in [0.25, 0.3) is 0 Å². The molecule has 2 unspecified atom stereocenters. The van der Waals surface area contributed by atoms with Gasteiger partial charge in [-0.1, -0.05) is 26.7 Å². The maximum atomic E-state index is 5.46. The van der Waals surface area contributed by atoms with Gasteiger partial charge in [0.25, 0.3) is 0 Å². The third kappa shape index (κ3) is 3.97. The highest BCUT2D eigenvalue weighted by Crippen LogP contribution is 2.20. The third-order valence-corrected chi connectivity index (χ3v) is 3.06. The Morgan fingerprint density at radius 1 is 1.36 bits per heavy atom. The molecular weight excluding hydrogens is 174 g/mol. The van der Waals surface area contributed by atoms with Crippen LogP contribution in [0.5, 0.6) is 0 Å². The molecule has 14 heavy (non-hydrogen) atoms. The molecule has 0 aliphatic carbocycles. The topological polar surface area (TPSA) is 21.3 Å². The average molecular weight is 199 g/mol. The van der Waals surface area contributed by atoms with Crippen molar-refractivity contribution >= 4 is 0 Å². The molecule has 1 aliphatic heterocycles. The summed E-state index contributed by atoms with van der Waals surface area (Å²) in [5.41, 5.74) is 0. The Labute approximate surface area is 88.4 Å². The Morgan fingerprint density at radius 2 is 2.21 bits per heavy atom. The summed E-state index contributed by atoms with van der Waals surface area (Å²) in [6.45, 7) is 7.61. The first-order chi connectivity index (χ1) is 6.88. The Bertz CT molecular complexity index is 124. The van der Waals surface area contributed by atoms with Crippen molar-refractivity contribution in [2.75, 3.05) is 19.8 Å². The predicted octanol–water partition coefficient (Wildman–Crippen LogP) is 2.58. The van der Waals surface area contributed by atoms with E-state index < -0.39 is 0 Å². The highest BCUT2D eigenvalue weighted by Gasteiger charge is 2.24. The Morgan fingerprint density at radius 3 is 2.79 bits per heavy atom. The summed E-state index contributed by atoms with van der Waals surface area (Å²) in [4.78, 5) is 0. The van der Waals surface area contributed by atoms with Crippen LogP contribution in [-0.4, -0.2) is 25.8 Å². The van der Waals surface area contributed by atoms with E-state index in [9.17, 15) is 0 Å². The van der Waals surface area contributed by atoms with E-state index in [1.165, 1.54) is 32.1 Å². The molecule has 1 N–H and O–H groups in total. The molecule has 1 heterocycles. The fraction of sp³-hybridized carbons (Fsp3) is 1.00. The first kappa shape index (κ1) is 12.0. The quantitative estimate of drug-likeness (QED) is 0.680. The van der Waals surface area contributed by atoms with Crippen LogP contribution in [0.2, 0.25) is 0 Å². The lowest BCUT2D eigenvalue weighted by Gasteiger charge is -2.23. The van der Waals surface area contributed by atoms with E-state index in [4.69, 9.17) is 4.74 Å². The van der Waals surface area contributed by atoms with Crippen LogP contribution >= 0.6 is 0 Å². The van der Waals surface area contributed by atoms with E-state index in [-0.39, 0.29) is 0 Å². The molecule has 0 radical (unpaired) electrons. The van der Waals surface area contributed by atoms with Crippen molar-refractivity contribution in [2.45, 2.75) is 52.0 Å². The van der Waals surface area contributed by atoms with Gasteiger partial charge in [-0.25, -0.2) is 0 Å². The number of rotatable bonds is 7. The number of nitrogens with one attached hydrogen (secondary N) is 1. The first-order valence-electron chi connectivity index (χ1n) is 6.19. The van der Waals surface area contributed by atoms with Crippen molar-refractivity contribution < 1.29 is 4.74 Å².